The first-order chi connectivity index (χ1) is 9.04. The van der Waals surface area contributed by atoms with Crippen LogP contribution in [0.25, 0.3) is 0 Å². The average molecular weight is 321 g/mol. The van der Waals surface area contributed by atoms with Crippen LogP contribution in [-0.2, 0) is 6.54 Å². The van der Waals surface area contributed by atoms with Crippen molar-refractivity contribution in [3.8, 4) is 0 Å². The fraction of sp³-hybridized carbons (Fsp3) is 0.267. The zero-order chi connectivity index (χ0) is 14.0. The van der Waals surface area contributed by atoms with Gasteiger partial charge in [-0.05, 0) is 47.5 Å². The number of para-hydroxylation sites is 1. The second-order valence-corrected chi connectivity index (χ2v) is 5.40. The molecule has 0 bridgehead atoms. The van der Waals surface area contributed by atoms with Crippen molar-refractivity contribution in [1.82, 2.24) is 4.57 Å². The minimum atomic E-state index is 0.00171. The number of rotatable bonds is 3. The van der Waals surface area contributed by atoms with Crippen LogP contribution in [0, 0.1) is 6.92 Å². The second-order valence-electron chi connectivity index (χ2n) is 4.48. The Hall–Kier alpha value is -1.55. The second kappa shape index (κ2) is 5.61. The standard InChI is InChI=1S/C15H17BrN2O/c1-4-18-10-12(16)9-14(18)15(19)17(3)13-8-6-5-7-11(13)2/h5-10H,4H2,1-3H3. The number of aromatic nitrogens is 1. The number of aryl methyl sites for hydroxylation is 2. The lowest BCUT2D eigenvalue weighted by Crippen LogP contribution is -2.28. The van der Waals surface area contributed by atoms with Gasteiger partial charge in [0.25, 0.3) is 5.91 Å². The zero-order valence-corrected chi connectivity index (χ0v) is 12.9. The molecule has 0 fully saturated rings. The van der Waals surface area contributed by atoms with Gasteiger partial charge in [0.2, 0.25) is 0 Å². The number of benzene rings is 1. The summed E-state index contributed by atoms with van der Waals surface area (Å²) in [7, 11) is 1.81. The molecule has 0 saturated carbocycles. The van der Waals surface area contributed by atoms with Gasteiger partial charge in [0, 0.05) is 29.9 Å². The Morgan fingerprint density at radius 3 is 2.68 bits per heavy atom. The molecule has 0 aliphatic carbocycles. The Kier molecular flexibility index (Phi) is 4.10. The van der Waals surface area contributed by atoms with Gasteiger partial charge in [-0.2, -0.15) is 0 Å². The molecule has 1 amide bonds. The summed E-state index contributed by atoms with van der Waals surface area (Å²) in [5.74, 6) is 0.00171. The highest BCUT2D eigenvalue weighted by Crippen LogP contribution is 2.22. The van der Waals surface area contributed by atoms with Gasteiger partial charge in [0.1, 0.15) is 5.69 Å². The van der Waals surface area contributed by atoms with Crippen molar-refractivity contribution in [3.05, 3.63) is 52.3 Å². The lowest BCUT2D eigenvalue weighted by molar-refractivity contribution is 0.0984. The minimum Gasteiger partial charge on any atom is -0.343 e. The van der Waals surface area contributed by atoms with Crippen LogP contribution in [0.15, 0.2) is 41.0 Å². The fourth-order valence-corrected chi connectivity index (χ4v) is 2.60. The fourth-order valence-electron chi connectivity index (χ4n) is 2.14. The number of anilines is 1. The van der Waals surface area contributed by atoms with Crippen LogP contribution in [0.3, 0.4) is 0 Å². The number of hydrogen-bond donors (Lipinski definition) is 0. The van der Waals surface area contributed by atoms with Crippen molar-refractivity contribution < 1.29 is 4.79 Å². The van der Waals surface area contributed by atoms with Gasteiger partial charge in [-0.15, -0.1) is 0 Å². The maximum Gasteiger partial charge on any atom is 0.274 e. The Morgan fingerprint density at radius 1 is 1.37 bits per heavy atom. The molecule has 4 heteroatoms. The van der Waals surface area contributed by atoms with Crippen molar-refractivity contribution in [1.29, 1.82) is 0 Å². The van der Waals surface area contributed by atoms with Crippen molar-refractivity contribution in [2.24, 2.45) is 0 Å². The molecular formula is C15H17BrN2O. The highest BCUT2D eigenvalue weighted by Gasteiger charge is 2.18. The molecule has 0 unspecified atom stereocenters. The molecule has 1 heterocycles. The van der Waals surface area contributed by atoms with E-state index >= 15 is 0 Å². The summed E-state index contributed by atoms with van der Waals surface area (Å²) in [5, 5.41) is 0. The van der Waals surface area contributed by atoms with Gasteiger partial charge in [0.05, 0.1) is 0 Å². The van der Waals surface area contributed by atoms with E-state index in [1.807, 2.05) is 62.0 Å². The van der Waals surface area contributed by atoms with Crippen molar-refractivity contribution >= 4 is 27.5 Å². The molecule has 0 spiro atoms. The lowest BCUT2D eigenvalue weighted by Gasteiger charge is -2.20. The largest absolute Gasteiger partial charge is 0.343 e. The average Bonchev–Trinajstić information content (AvgIpc) is 2.79. The molecule has 19 heavy (non-hydrogen) atoms. The quantitative estimate of drug-likeness (QED) is 0.843. The van der Waals surface area contributed by atoms with Gasteiger partial charge >= 0.3 is 0 Å². The number of hydrogen-bond acceptors (Lipinski definition) is 1. The van der Waals surface area contributed by atoms with Crippen LogP contribution in [0.5, 0.6) is 0 Å². The SMILES string of the molecule is CCn1cc(Br)cc1C(=O)N(C)c1ccccc1C. The summed E-state index contributed by atoms with van der Waals surface area (Å²) >= 11 is 3.42. The van der Waals surface area contributed by atoms with Gasteiger partial charge in [-0.25, -0.2) is 0 Å². The summed E-state index contributed by atoms with van der Waals surface area (Å²) < 4.78 is 2.87. The Balaban J connectivity index is 2.36. The smallest absolute Gasteiger partial charge is 0.274 e. The summed E-state index contributed by atoms with van der Waals surface area (Å²) in [6.45, 7) is 4.80. The number of halogens is 1. The lowest BCUT2D eigenvalue weighted by atomic mass is 10.2. The predicted octanol–water partition coefficient (Wildman–Crippen LogP) is 3.86. The molecule has 0 aliphatic heterocycles. The number of carbonyl (C=O) groups is 1. The van der Waals surface area contributed by atoms with Crippen LogP contribution in [-0.4, -0.2) is 17.5 Å². The van der Waals surface area contributed by atoms with E-state index in [0.717, 1.165) is 22.3 Å². The van der Waals surface area contributed by atoms with E-state index in [2.05, 4.69) is 15.9 Å². The summed E-state index contributed by atoms with van der Waals surface area (Å²) in [6.07, 6.45) is 1.93. The van der Waals surface area contributed by atoms with Gasteiger partial charge < -0.3 is 9.47 Å². The van der Waals surface area contributed by atoms with Crippen LogP contribution >= 0.6 is 15.9 Å². The highest BCUT2D eigenvalue weighted by molar-refractivity contribution is 9.10. The number of carbonyl (C=O) groups excluding carboxylic acids is 1. The van der Waals surface area contributed by atoms with E-state index in [1.54, 1.807) is 4.90 Å². The number of nitrogens with zero attached hydrogens (tertiary/aromatic N) is 2. The van der Waals surface area contributed by atoms with Crippen LogP contribution in [0.1, 0.15) is 23.0 Å². The Morgan fingerprint density at radius 2 is 2.05 bits per heavy atom. The highest BCUT2D eigenvalue weighted by atomic mass is 79.9. The maximum absolute atomic E-state index is 12.6. The first kappa shape index (κ1) is 13.9. The molecule has 0 radical (unpaired) electrons. The van der Waals surface area contributed by atoms with Crippen LogP contribution < -0.4 is 4.90 Å². The van der Waals surface area contributed by atoms with Crippen LogP contribution in [0.4, 0.5) is 5.69 Å². The molecule has 1 aromatic carbocycles. The van der Waals surface area contributed by atoms with Crippen molar-refractivity contribution in [2.45, 2.75) is 20.4 Å². The van der Waals surface area contributed by atoms with Crippen molar-refractivity contribution in [3.63, 3.8) is 0 Å². The number of amides is 1. The summed E-state index contributed by atoms with van der Waals surface area (Å²) in [5.41, 5.74) is 2.72. The third-order valence-corrected chi connectivity index (χ3v) is 3.64. The van der Waals surface area contributed by atoms with Crippen molar-refractivity contribution in [2.75, 3.05) is 11.9 Å². The van der Waals surface area contributed by atoms with E-state index in [4.69, 9.17) is 0 Å². The summed E-state index contributed by atoms with van der Waals surface area (Å²) in [6, 6.07) is 9.75. The van der Waals surface area contributed by atoms with Gasteiger partial charge in [-0.1, -0.05) is 18.2 Å². The van der Waals surface area contributed by atoms with E-state index in [1.165, 1.54) is 0 Å². The maximum atomic E-state index is 12.6. The van der Waals surface area contributed by atoms with E-state index in [9.17, 15) is 4.79 Å². The Bertz CT molecular complexity index is 604. The topological polar surface area (TPSA) is 25.2 Å². The molecule has 0 N–H and O–H groups in total. The summed E-state index contributed by atoms with van der Waals surface area (Å²) in [4.78, 5) is 14.3. The molecule has 0 saturated heterocycles. The monoisotopic (exact) mass is 320 g/mol. The molecule has 0 atom stereocenters. The molecule has 2 aromatic rings. The molecule has 1 aromatic heterocycles. The predicted molar refractivity (Wildman–Crippen MR) is 81.7 cm³/mol. The van der Waals surface area contributed by atoms with Crippen LogP contribution in [0.2, 0.25) is 0 Å². The zero-order valence-electron chi connectivity index (χ0n) is 11.4. The molecule has 3 nitrogen and oxygen atoms in total. The van der Waals surface area contributed by atoms with E-state index < -0.39 is 0 Å². The molecule has 2 rings (SSSR count). The molecular weight excluding hydrogens is 304 g/mol. The third-order valence-electron chi connectivity index (χ3n) is 3.20. The van der Waals surface area contributed by atoms with Gasteiger partial charge in [-0.3, -0.25) is 4.79 Å². The van der Waals surface area contributed by atoms with E-state index in [0.29, 0.717) is 5.69 Å². The first-order valence-corrected chi connectivity index (χ1v) is 7.03. The molecule has 0 aliphatic rings. The molecule has 100 valence electrons. The minimum absolute atomic E-state index is 0.00171. The first-order valence-electron chi connectivity index (χ1n) is 6.24. The third kappa shape index (κ3) is 2.73. The van der Waals surface area contributed by atoms with E-state index in [-0.39, 0.29) is 5.91 Å². The Labute approximate surface area is 122 Å². The normalized spacial score (nSPS) is 10.5. The van der Waals surface area contributed by atoms with Gasteiger partial charge in [0.15, 0.2) is 0 Å².